The molecule has 8 heteroatoms. The standard InChI is InChI=1S/C21H22N6O2/c1-13-10-16-11-14(2-3-17(16)29-13)21(28)25-8-9-27-20-19(23-6-7-24-20)18(26-27)15-4-5-22-12-15/h2-3,6-7,10-11,15,22H,4-5,8-9,12H2,1H3,(H,25,28)/t15-/m1/s1. The third-order valence-electron chi connectivity index (χ3n) is 5.35. The van der Waals surface area contributed by atoms with E-state index in [4.69, 9.17) is 9.52 Å². The predicted octanol–water partition coefficient (Wildman–Crippen LogP) is 2.39. The van der Waals surface area contributed by atoms with E-state index in [-0.39, 0.29) is 5.91 Å². The molecule has 4 aromatic rings. The number of benzene rings is 1. The van der Waals surface area contributed by atoms with Gasteiger partial charge in [0.05, 0.1) is 12.2 Å². The quantitative estimate of drug-likeness (QED) is 0.543. The molecule has 1 fully saturated rings. The van der Waals surface area contributed by atoms with Crippen LogP contribution in [0.5, 0.6) is 0 Å². The lowest BCUT2D eigenvalue weighted by Gasteiger charge is -2.06. The first-order valence-electron chi connectivity index (χ1n) is 9.85. The highest BCUT2D eigenvalue weighted by Gasteiger charge is 2.24. The molecule has 0 unspecified atom stereocenters. The van der Waals surface area contributed by atoms with E-state index in [0.717, 1.165) is 53.1 Å². The second-order valence-corrected chi connectivity index (χ2v) is 7.39. The number of carbonyl (C=O) groups excluding carboxylic acids is 1. The zero-order valence-electron chi connectivity index (χ0n) is 16.2. The summed E-state index contributed by atoms with van der Waals surface area (Å²) in [5, 5.41) is 12.0. The summed E-state index contributed by atoms with van der Waals surface area (Å²) >= 11 is 0. The van der Waals surface area contributed by atoms with Crippen LogP contribution in [0, 0.1) is 6.92 Å². The van der Waals surface area contributed by atoms with Crippen molar-refractivity contribution in [1.82, 2.24) is 30.4 Å². The third-order valence-corrected chi connectivity index (χ3v) is 5.35. The molecule has 4 heterocycles. The molecular formula is C21H22N6O2. The van der Waals surface area contributed by atoms with Gasteiger partial charge < -0.3 is 15.1 Å². The maximum atomic E-state index is 12.6. The summed E-state index contributed by atoms with van der Waals surface area (Å²) in [7, 11) is 0. The van der Waals surface area contributed by atoms with Gasteiger partial charge in [-0.3, -0.25) is 4.79 Å². The van der Waals surface area contributed by atoms with Crippen molar-refractivity contribution in [3.63, 3.8) is 0 Å². The highest BCUT2D eigenvalue weighted by Crippen LogP contribution is 2.26. The van der Waals surface area contributed by atoms with Crippen LogP contribution in [0.4, 0.5) is 0 Å². The van der Waals surface area contributed by atoms with Crippen LogP contribution in [0.15, 0.2) is 41.1 Å². The van der Waals surface area contributed by atoms with Crippen molar-refractivity contribution in [3.8, 4) is 0 Å². The molecule has 0 spiro atoms. The molecule has 1 atom stereocenters. The smallest absolute Gasteiger partial charge is 0.251 e. The normalized spacial score (nSPS) is 16.7. The minimum atomic E-state index is -0.117. The molecule has 1 amide bonds. The summed E-state index contributed by atoms with van der Waals surface area (Å²) in [6, 6.07) is 7.39. The second-order valence-electron chi connectivity index (χ2n) is 7.39. The molecule has 0 aliphatic carbocycles. The van der Waals surface area contributed by atoms with Crippen LogP contribution in [-0.2, 0) is 6.54 Å². The van der Waals surface area contributed by atoms with Crippen LogP contribution in [0.2, 0.25) is 0 Å². The third kappa shape index (κ3) is 3.36. The zero-order valence-corrected chi connectivity index (χ0v) is 16.2. The van der Waals surface area contributed by atoms with Gasteiger partial charge in [0, 0.05) is 42.4 Å². The molecule has 8 nitrogen and oxygen atoms in total. The van der Waals surface area contributed by atoms with Gasteiger partial charge in [0.15, 0.2) is 5.65 Å². The average Bonchev–Trinajstić information content (AvgIpc) is 3.45. The topological polar surface area (TPSA) is 97.9 Å². The van der Waals surface area contributed by atoms with Gasteiger partial charge in [-0.15, -0.1) is 0 Å². The molecule has 2 N–H and O–H groups in total. The van der Waals surface area contributed by atoms with E-state index in [1.54, 1.807) is 18.5 Å². The van der Waals surface area contributed by atoms with E-state index in [9.17, 15) is 4.79 Å². The molecule has 1 aliphatic rings. The molecule has 5 rings (SSSR count). The number of hydrogen-bond donors (Lipinski definition) is 2. The number of rotatable bonds is 5. The van der Waals surface area contributed by atoms with Crippen LogP contribution >= 0.6 is 0 Å². The number of hydrogen-bond acceptors (Lipinski definition) is 6. The summed E-state index contributed by atoms with van der Waals surface area (Å²) < 4.78 is 7.41. The van der Waals surface area contributed by atoms with Crippen molar-refractivity contribution in [3.05, 3.63) is 53.7 Å². The average molecular weight is 390 g/mol. The van der Waals surface area contributed by atoms with Crippen molar-refractivity contribution in [2.45, 2.75) is 25.8 Å². The highest BCUT2D eigenvalue weighted by atomic mass is 16.3. The van der Waals surface area contributed by atoms with Crippen molar-refractivity contribution >= 4 is 28.0 Å². The Morgan fingerprint density at radius 3 is 3.07 bits per heavy atom. The van der Waals surface area contributed by atoms with Crippen molar-refractivity contribution in [1.29, 1.82) is 0 Å². The van der Waals surface area contributed by atoms with E-state index in [1.165, 1.54) is 0 Å². The molecule has 1 aliphatic heterocycles. The van der Waals surface area contributed by atoms with Crippen LogP contribution in [0.1, 0.15) is 34.2 Å². The summed E-state index contributed by atoms with van der Waals surface area (Å²) in [6.07, 6.45) is 4.43. The minimum absolute atomic E-state index is 0.117. The number of aromatic nitrogens is 4. The molecule has 3 aromatic heterocycles. The van der Waals surface area contributed by atoms with E-state index < -0.39 is 0 Å². The Hall–Kier alpha value is -3.26. The Labute approximate surface area is 167 Å². The first-order chi connectivity index (χ1) is 14.2. The fourth-order valence-corrected chi connectivity index (χ4v) is 3.94. The maximum absolute atomic E-state index is 12.6. The fourth-order valence-electron chi connectivity index (χ4n) is 3.94. The van der Waals surface area contributed by atoms with Gasteiger partial charge in [0.1, 0.15) is 16.9 Å². The fraction of sp³-hybridized carbons (Fsp3) is 0.333. The molecule has 0 radical (unpaired) electrons. The van der Waals surface area contributed by atoms with Crippen molar-refractivity contribution in [2.75, 3.05) is 19.6 Å². The zero-order chi connectivity index (χ0) is 19.8. The van der Waals surface area contributed by atoms with Gasteiger partial charge in [-0.1, -0.05) is 0 Å². The molecule has 1 saturated heterocycles. The van der Waals surface area contributed by atoms with Crippen molar-refractivity contribution in [2.24, 2.45) is 0 Å². The maximum Gasteiger partial charge on any atom is 0.251 e. The molecule has 0 bridgehead atoms. The Kier molecular flexibility index (Phi) is 4.48. The van der Waals surface area contributed by atoms with Gasteiger partial charge in [0.2, 0.25) is 0 Å². The summed E-state index contributed by atoms with van der Waals surface area (Å²) in [5.41, 5.74) is 4.01. The van der Waals surface area contributed by atoms with E-state index in [0.29, 0.717) is 24.6 Å². The number of nitrogens with one attached hydrogen (secondary N) is 2. The monoisotopic (exact) mass is 390 g/mol. The lowest BCUT2D eigenvalue weighted by molar-refractivity contribution is 0.0952. The summed E-state index contributed by atoms with van der Waals surface area (Å²) in [5.74, 6) is 1.07. The van der Waals surface area contributed by atoms with Crippen LogP contribution in [0.25, 0.3) is 22.1 Å². The molecule has 148 valence electrons. The molecule has 29 heavy (non-hydrogen) atoms. The molecule has 1 aromatic carbocycles. The Balaban J connectivity index is 1.30. The van der Waals surface area contributed by atoms with E-state index in [2.05, 4.69) is 20.6 Å². The lowest BCUT2D eigenvalue weighted by atomic mass is 10.0. The first-order valence-corrected chi connectivity index (χ1v) is 9.85. The van der Waals surface area contributed by atoms with E-state index in [1.807, 2.05) is 29.8 Å². The number of carbonyl (C=O) groups is 1. The SMILES string of the molecule is Cc1cc2cc(C(=O)NCCn3nc([C@@H]4CCNC4)c4nccnc43)ccc2o1. The minimum Gasteiger partial charge on any atom is -0.461 e. The van der Waals surface area contributed by atoms with Gasteiger partial charge in [0.25, 0.3) is 5.91 Å². The molecular weight excluding hydrogens is 368 g/mol. The summed E-state index contributed by atoms with van der Waals surface area (Å²) in [6.45, 7) is 4.79. The van der Waals surface area contributed by atoms with Gasteiger partial charge >= 0.3 is 0 Å². The Morgan fingerprint density at radius 1 is 1.31 bits per heavy atom. The number of amides is 1. The van der Waals surface area contributed by atoms with Crippen LogP contribution in [0.3, 0.4) is 0 Å². The Bertz CT molecular complexity index is 1190. The van der Waals surface area contributed by atoms with Gasteiger partial charge in [-0.05, 0) is 44.2 Å². The number of nitrogens with zero attached hydrogens (tertiary/aromatic N) is 4. The number of aryl methyl sites for hydroxylation is 1. The highest BCUT2D eigenvalue weighted by molar-refractivity contribution is 5.97. The predicted molar refractivity (Wildman–Crippen MR) is 109 cm³/mol. The number of furan rings is 1. The summed E-state index contributed by atoms with van der Waals surface area (Å²) in [4.78, 5) is 21.5. The first kappa shape index (κ1) is 17.8. The van der Waals surface area contributed by atoms with Crippen LogP contribution in [-0.4, -0.2) is 45.3 Å². The van der Waals surface area contributed by atoms with Crippen molar-refractivity contribution < 1.29 is 9.21 Å². The largest absolute Gasteiger partial charge is 0.461 e. The Morgan fingerprint density at radius 2 is 2.21 bits per heavy atom. The number of fused-ring (bicyclic) bond motifs is 2. The van der Waals surface area contributed by atoms with Crippen LogP contribution < -0.4 is 10.6 Å². The van der Waals surface area contributed by atoms with Gasteiger partial charge in [-0.25, -0.2) is 14.6 Å². The van der Waals surface area contributed by atoms with Gasteiger partial charge in [-0.2, -0.15) is 5.10 Å². The second kappa shape index (κ2) is 7.29. The molecule has 0 saturated carbocycles. The lowest BCUT2D eigenvalue weighted by Crippen LogP contribution is -2.27. The van der Waals surface area contributed by atoms with E-state index >= 15 is 0 Å².